The summed E-state index contributed by atoms with van der Waals surface area (Å²) in [6.45, 7) is 5.41. The number of hydrogen-bond donors (Lipinski definition) is 0. The molecule has 0 spiro atoms. The predicted octanol–water partition coefficient (Wildman–Crippen LogP) is 5.32. The molecule has 3 rings (SSSR count). The van der Waals surface area contributed by atoms with Crippen molar-refractivity contribution in [3.63, 3.8) is 0 Å². The topological polar surface area (TPSA) is 3.88 Å². The highest BCUT2D eigenvalue weighted by Gasteiger charge is 2.24. The van der Waals surface area contributed by atoms with Gasteiger partial charge in [-0.2, -0.15) is 4.57 Å². The average Bonchev–Trinajstić information content (AvgIpc) is 2.85. The van der Waals surface area contributed by atoms with Gasteiger partial charge in [0.2, 0.25) is 10.7 Å². The van der Waals surface area contributed by atoms with Crippen LogP contribution in [0.4, 0.5) is 0 Å². The summed E-state index contributed by atoms with van der Waals surface area (Å²) < 4.78 is 2.41. The number of halogens is 1. The molecule has 0 bridgehead atoms. The normalized spacial score (nSPS) is 10.2. The van der Waals surface area contributed by atoms with Gasteiger partial charge in [0, 0.05) is 12.5 Å². The van der Waals surface area contributed by atoms with Gasteiger partial charge >= 0.3 is 0 Å². The van der Waals surface area contributed by atoms with Crippen molar-refractivity contribution in [3.8, 4) is 21.7 Å². The van der Waals surface area contributed by atoms with E-state index in [0.29, 0.717) is 0 Å². The van der Waals surface area contributed by atoms with Gasteiger partial charge in [-0.1, -0.05) is 59.9 Å². The van der Waals surface area contributed by atoms with E-state index in [1.165, 1.54) is 26.7 Å². The maximum absolute atomic E-state index is 2.41. The van der Waals surface area contributed by atoms with Crippen LogP contribution >= 0.6 is 35.3 Å². The molecular formula is C18H19INS+. The van der Waals surface area contributed by atoms with E-state index in [9.17, 15) is 0 Å². The Morgan fingerprint density at radius 3 is 1.90 bits per heavy atom. The Bertz CT molecular complexity index is 705. The maximum atomic E-state index is 2.41. The lowest BCUT2D eigenvalue weighted by Crippen LogP contribution is -2.35. The minimum atomic E-state index is 0. The minimum absolute atomic E-state index is 0. The third kappa shape index (κ3) is 3.19. The van der Waals surface area contributed by atoms with Gasteiger partial charge in [-0.05, 0) is 24.6 Å². The van der Waals surface area contributed by atoms with Crippen LogP contribution in [0.3, 0.4) is 0 Å². The lowest BCUT2D eigenvalue weighted by atomic mass is 10.1. The van der Waals surface area contributed by atoms with Gasteiger partial charge < -0.3 is 0 Å². The van der Waals surface area contributed by atoms with Gasteiger partial charge in [0.1, 0.15) is 11.4 Å². The van der Waals surface area contributed by atoms with Crippen LogP contribution in [0.2, 0.25) is 0 Å². The van der Waals surface area contributed by atoms with Crippen LogP contribution < -0.4 is 4.57 Å². The summed E-state index contributed by atoms with van der Waals surface area (Å²) >= 11 is 1.88. The van der Waals surface area contributed by atoms with Crippen LogP contribution in [0.1, 0.15) is 11.9 Å². The molecule has 108 valence electrons. The fourth-order valence-electron chi connectivity index (χ4n) is 2.58. The van der Waals surface area contributed by atoms with Gasteiger partial charge in [0.25, 0.3) is 0 Å². The van der Waals surface area contributed by atoms with Gasteiger partial charge in [-0.15, -0.1) is 24.0 Å². The highest BCUT2D eigenvalue weighted by atomic mass is 127. The first-order valence-electron chi connectivity index (χ1n) is 6.95. The largest absolute Gasteiger partial charge is 0.235 e. The second kappa shape index (κ2) is 7.18. The molecule has 1 nitrogen and oxygen atoms in total. The zero-order valence-corrected chi connectivity index (χ0v) is 15.4. The molecule has 0 aliphatic heterocycles. The van der Waals surface area contributed by atoms with Crippen LogP contribution in [0.5, 0.6) is 0 Å². The predicted molar refractivity (Wildman–Crippen MR) is 101 cm³/mol. The molecule has 21 heavy (non-hydrogen) atoms. The Morgan fingerprint density at radius 1 is 0.857 bits per heavy atom. The first-order valence-corrected chi connectivity index (χ1v) is 7.77. The minimum Gasteiger partial charge on any atom is -0.186 e. The Morgan fingerprint density at radius 2 is 1.38 bits per heavy atom. The molecule has 1 heterocycles. The number of thiazole rings is 1. The van der Waals surface area contributed by atoms with Crippen LogP contribution in [0.25, 0.3) is 21.7 Å². The molecular weight excluding hydrogens is 389 g/mol. The number of benzene rings is 2. The third-order valence-electron chi connectivity index (χ3n) is 3.51. The van der Waals surface area contributed by atoms with Crippen molar-refractivity contribution in [2.75, 3.05) is 0 Å². The highest BCUT2D eigenvalue weighted by molar-refractivity contribution is 14.0. The van der Waals surface area contributed by atoms with Crippen molar-refractivity contribution >= 4 is 35.3 Å². The molecule has 0 aliphatic carbocycles. The molecule has 3 aromatic rings. The van der Waals surface area contributed by atoms with Crippen molar-refractivity contribution in [3.05, 3.63) is 65.7 Å². The zero-order valence-electron chi connectivity index (χ0n) is 12.2. The van der Waals surface area contributed by atoms with E-state index < -0.39 is 0 Å². The lowest BCUT2D eigenvalue weighted by molar-refractivity contribution is -0.683. The number of nitrogens with zero attached hydrogens (tertiary/aromatic N) is 1. The van der Waals surface area contributed by atoms with E-state index in [1.54, 1.807) is 0 Å². The number of rotatable bonds is 3. The van der Waals surface area contributed by atoms with Gasteiger partial charge in [-0.3, -0.25) is 0 Å². The summed E-state index contributed by atoms with van der Waals surface area (Å²) in [4.78, 5) is 1.36. The summed E-state index contributed by atoms with van der Waals surface area (Å²) in [6, 6.07) is 21.3. The van der Waals surface area contributed by atoms with Gasteiger partial charge in [-0.25, -0.2) is 0 Å². The summed E-state index contributed by atoms with van der Waals surface area (Å²) in [6.07, 6.45) is 0. The van der Waals surface area contributed by atoms with E-state index in [1.807, 2.05) is 11.3 Å². The SMILES string of the molecule is CC[n+]1c(C)sc(-c2ccccc2)c1-c1ccccc1.I. The fraction of sp³-hybridized carbons (Fsp3) is 0.167. The summed E-state index contributed by atoms with van der Waals surface area (Å²) in [5.74, 6) is 0. The Hall–Kier alpha value is -1.20. The summed E-state index contributed by atoms with van der Waals surface area (Å²) in [5.41, 5.74) is 3.92. The zero-order chi connectivity index (χ0) is 13.9. The van der Waals surface area contributed by atoms with E-state index in [2.05, 4.69) is 79.1 Å². The second-order valence-electron chi connectivity index (χ2n) is 4.78. The number of aryl methyl sites for hydroxylation is 1. The Kier molecular flexibility index (Phi) is 5.53. The molecule has 0 saturated carbocycles. The molecule has 0 aliphatic rings. The second-order valence-corrected chi connectivity index (χ2v) is 5.98. The number of hydrogen-bond acceptors (Lipinski definition) is 1. The van der Waals surface area contributed by atoms with Crippen molar-refractivity contribution in [1.82, 2.24) is 0 Å². The van der Waals surface area contributed by atoms with Crippen LogP contribution in [-0.4, -0.2) is 0 Å². The Balaban J connectivity index is 0.00000161. The Labute approximate surface area is 147 Å². The third-order valence-corrected chi connectivity index (χ3v) is 4.66. The van der Waals surface area contributed by atoms with Crippen molar-refractivity contribution in [1.29, 1.82) is 0 Å². The molecule has 0 fully saturated rings. The number of aromatic nitrogens is 1. The van der Waals surface area contributed by atoms with Gasteiger partial charge in [0.15, 0.2) is 0 Å². The molecule has 0 atom stereocenters. The average molecular weight is 408 g/mol. The van der Waals surface area contributed by atoms with Crippen LogP contribution in [0, 0.1) is 6.92 Å². The molecule has 3 heteroatoms. The summed E-state index contributed by atoms with van der Waals surface area (Å²) in [7, 11) is 0. The molecule has 1 aromatic heterocycles. The molecule has 0 N–H and O–H groups in total. The van der Waals surface area contributed by atoms with Gasteiger partial charge in [0.05, 0.1) is 0 Å². The van der Waals surface area contributed by atoms with Crippen molar-refractivity contribution in [2.24, 2.45) is 0 Å². The molecule has 0 saturated heterocycles. The molecule has 0 amide bonds. The van der Waals surface area contributed by atoms with E-state index >= 15 is 0 Å². The monoisotopic (exact) mass is 408 g/mol. The van der Waals surface area contributed by atoms with Crippen molar-refractivity contribution in [2.45, 2.75) is 20.4 Å². The summed E-state index contributed by atoms with van der Waals surface area (Å²) in [5, 5.41) is 1.35. The first-order chi connectivity index (χ1) is 9.81. The smallest absolute Gasteiger partial charge is 0.186 e. The standard InChI is InChI=1S/C18H18NS.HI/c1-3-19-14(2)20-18(16-12-8-5-9-13-16)17(19)15-10-6-4-7-11-15;/h4-13H,3H2,1-2H3;1H/q+1;. The van der Waals surface area contributed by atoms with Crippen LogP contribution in [0.15, 0.2) is 60.7 Å². The van der Waals surface area contributed by atoms with E-state index in [-0.39, 0.29) is 24.0 Å². The quantitative estimate of drug-likeness (QED) is 0.408. The van der Waals surface area contributed by atoms with E-state index in [4.69, 9.17) is 0 Å². The fourth-order valence-corrected chi connectivity index (χ4v) is 3.78. The highest BCUT2D eigenvalue weighted by Crippen LogP contribution is 2.35. The van der Waals surface area contributed by atoms with Crippen molar-refractivity contribution < 1.29 is 4.57 Å². The van der Waals surface area contributed by atoms with Crippen LogP contribution in [-0.2, 0) is 6.54 Å². The first kappa shape index (κ1) is 16.2. The molecule has 0 unspecified atom stereocenters. The molecule has 2 aromatic carbocycles. The van der Waals surface area contributed by atoms with E-state index in [0.717, 1.165) is 6.54 Å². The molecule has 0 radical (unpaired) electrons. The maximum Gasteiger partial charge on any atom is 0.235 e. The lowest BCUT2D eigenvalue weighted by Gasteiger charge is -2.02.